The Kier molecular flexibility index (Phi) is 7.62. The first kappa shape index (κ1) is 21.0. The van der Waals surface area contributed by atoms with Gasteiger partial charge in [0, 0.05) is 24.4 Å². The summed E-state index contributed by atoms with van der Waals surface area (Å²) in [5.41, 5.74) is 0.754. The summed E-state index contributed by atoms with van der Waals surface area (Å²) in [6.07, 6.45) is 1.86. The smallest absolute Gasteiger partial charge is 0.274 e. The van der Waals surface area contributed by atoms with Crippen molar-refractivity contribution in [2.24, 2.45) is 0 Å². The van der Waals surface area contributed by atoms with Crippen LogP contribution in [0.4, 0.5) is 5.69 Å². The number of rotatable bonds is 9. The highest BCUT2D eigenvalue weighted by Gasteiger charge is 2.16. The van der Waals surface area contributed by atoms with Gasteiger partial charge in [0.15, 0.2) is 11.5 Å². The summed E-state index contributed by atoms with van der Waals surface area (Å²) in [7, 11) is 4.48. The molecule has 0 aliphatic rings. The number of unbranched alkanes of at least 4 members (excludes halogenated alkanes) is 1. The molecule has 0 saturated heterocycles. The van der Waals surface area contributed by atoms with Gasteiger partial charge in [-0.2, -0.15) is 0 Å². The maximum absolute atomic E-state index is 12.6. The number of methoxy groups -OCH3 is 3. The van der Waals surface area contributed by atoms with Crippen LogP contribution in [-0.4, -0.2) is 44.7 Å². The first-order valence-corrected chi connectivity index (χ1v) is 8.90. The number of carbonyl (C=O) groups excluding carboxylic acids is 2. The number of hydrogen-bond donors (Lipinski definition) is 2. The summed E-state index contributed by atoms with van der Waals surface area (Å²) in [6, 6.07) is 7.95. The second kappa shape index (κ2) is 10.1. The van der Waals surface area contributed by atoms with Crippen molar-refractivity contribution in [1.29, 1.82) is 0 Å². The van der Waals surface area contributed by atoms with E-state index in [1.807, 2.05) is 6.92 Å². The standard InChI is InChI=1S/C20H25N3O5/c1-5-6-10-21-19(24)14-8-7-9-15(23-14)20(25)22-13-11-16(26-2)18(28-4)17(12-13)27-3/h7-9,11-12H,5-6,10H2,1-4H3,(H,21,24)(H,22,25). The Hall–Kier alpha value is -3.29. The Morgan fingerprint density at radius 3 is 2.11 bits per heavy atom. The highest BCUT2D eigenvalue weighted by molar-refractivity contribution is 6.04. The lowest BCUT2D eigenvalue weighted by Crippen LogP contribution is -2.26. The monoisotopic (exact) mass is 387 g/mol. The van der Waals surface area contributed by atoms with Gasteiger partial charge in [-0.05, 0) is 18.6 Å². The second-order valence-electron chi connectivity index (χ2n) is 5.89. The van der Waals surface area contributed by atoms with Gasteiger partial charge in [-0.1, -0.05) is 19.4 Å². The van der Waals surface area contributed by atoms with E-state index >= 15 is 0 Å². The van der Waals surface area contributed by atoms with Crippen molar-refractivity contribution in [3.05, 3.63) is 41.7 Å². The first-order valence-electron chi connectivity index (χ1n) is 8.90. The molecule has 1 aromatic heterocycles. The molecule has 8 nitrogen and oxygen atoms in total. The van der Waals surface area contributed by atoms with Crippen LogP contribution < -0.4 is 24.8 Å². The molecule has 8 heteroatoms. The molecule has 1 heterocycles. The van der Waals surface area contributed by atoms with Gasteiger partial charge in [0.05, 0.1) is 21.3 Å². The van der Waals surface area contributed by atoms with Crippen LogP contribution in [0.25, 0.3) is 0 Å². The summed E-state index contributed by atoms with van der Waals surface area (Å²) in [5.74, 6) is 0.476. The van der Waals surface area contributed by atoms with Gasteiger partial charge >= 0.3 is 0 Å². The molecule has 2 aromatic rings. The molecule has 150 valence electrons. The molecule has 0 saturated carbocycles. The van der Waals surface area contributed by atoms with Crippen LogP contribution >= 0.6 is 0 Å². The summed E-state index contributed by atoms with van der Waals surface area (Å²) in [4.78, 5) is 28.9. The van der Waals surface area contributed by atoms with Crippen LogP contribution in [0.2, 0.25) is 0 Å². The van der Waals surface area contributed by atoms with Gasteiger partial charge in [0.2, 0.25) is 5.75 Å². The van der Waals surface area contributed by atoms with E-state index in [0.29, 0.717) is 29.5 Å². The van der Waals surface area contributed by atoms with E-state index in [0.717, 1.165) is 12.8 Å². The molecule has 1 aromatic carbocycles. The van der Waals surface area contributed by atoms with Gasteiger partial charge in [0.25, 0.3) is 11.8 Å². The van der Waals surface area contributed by atoms with E-state index in [1.54, 1.807) is 24.3 Å². The highest BCUT2D eigenvalue weighted by Crippen LogP contribution is 2.39. The zero-order valence-corrected chi connectivity index (χ0v) is 16.5. The number of pyridine rings is 1. The average molecular weight is 387 g/mol. The Morgan fingerprint density at radius 1 is 0.964 bits per heavy atom. The fraction of sp³-hybridized carbons (Fsp3) is 0.350. The number of anilines is 1. The lowest BCUT2D eigenvalue weighted by atomic mass is 10.2. The lowest BCUT2D eigenvalue weighted by molar-refractivity contribution is 0.0948. The molecule has 0 aliphatic heterocycles. The van der Waals surface area contributed by atoms with E-state index in [9.17, 15) is 9.59 Å². The normalized spacial score (nSPS) is 10.1. The fourth-order valence-electron chi connectivity index (χ4n) is 2.51. The Balaban J connectivity index is 2.19. The molecule has 0 fully saturated rings. The highest BCUT2D eigenvalue weighted by atomic mass is 16.5. The number of nitrogens with one attached hydrogen (secondary N) is 2. The van der Waals surface area contributed by atoms with E-state index in [4.69, 9.17) is 14.2 Å². The molecular formula is C20H25N3O5. The Morgan fingerprint density at radius 2 is 1.57 bits per heavy atom. The second-order valence-corrected chi connectivity index (χ2v) is 5.89. The minimum atomic E-state index is -0.461. The number of amides is 2. The largest absolute Gasteiger partial charge is 0.493 e. The SMILES string of the molecule is CCCCNC(=O)c1cccc(C(=O)Nc2cc(OC)c(OC)c(OC)c2)n1. The molecule has 0 bridgehead atoms. The van der Waals surface area contributed by atoms with Crippen LogP contribution in [-0.2, 0) is 0 Å². The van der Waals surface area contributed by atoms with E-state index < -0.39 is 5.91 Å². The molecule has 2 rings (SSSR count). The van der Waals surface area contributed by atoms with Crippen molar-refractivity contribution in [1.82, 2.24) is 10.3 Å². The first-order chi connectivity index (χ1) is 13.5. The third-order valence-electron chi connectivity index (χ3n) is 3.95. The molecule has 0 unspecified atom stereocenters. The summed E-state index contributed by atoms with van der Waals surface area (Å²) >= 11 is 0. The predicted molar refractivity (Wildman–Crippen MR) is 106 cm³/mol. The average Bonchev–Trinajstić information content (AvgIpc) is 2.73. The number of aromatic nitrogens is 1. The number of benzene rings is 1. The van der Waals surface area contributed by atoms with Gasteiger partial charge in [-0.15, -0.1) is 0 Å². The minimum absolute atomic E-state index is 0.122. The van der Waals surface area contributed by atoms with E-state index in [-0.39, 0.29) is 17.3 Å². The molecule has 2 amide bonds. The lowest BCUT2D eigenvalue weighted by Gasteiger charge is -2.14. The zero-order chi connectivity index (χ0) is 20.5. The summed E-state index contributed by atoms with van der Waals surface area (Å²) < 4.78 is 15.8. The number of carbonyl (C=O) groups is 2. The van der Waals surface area contributed by atoms with E-state index in [2.05, 4.69) is 15.6 Å². The van der Waals surface area contributed by atoms with Gasteiger partial charge in [0.1, 0.15) is 11.4 Å². The fourth-order valence-corrected chi connectivity index (χ4v) is 2.51. The van der Waals surface area contributed by atoms with Gasteiger partial charge in [-0.25, -0.2) is 4.98 Å². The third-order valence-corrected chi connectivity index (χ3v) is 3.95. The topological polar surface area (TPSA) is 98.8 Å². The van der Waals surface area contributed by atoms with Crippen molar-refractivity contribution >= 4 is 17.5 Å². The third kappa shape index (κ3) is 5.12. The number of ether oxygens (including phenoxy) is 3. The van der Waals surface area contributed by atoms with Crippen molar-refractivity contribution in [2.75, 3.05) is 33.2 Å². The van der Waals surface area contributed by atoms with Crippen LogP contribution in [0.1, 0.15) is 40.7 Å². The van der Waals surface area contributed by atoms with E-state index in [1.165, 1.54) is 27.4 Å². The molecule has 28 heavy (non-hydrogen) atoms. The summed E-state index contributed by atoms with van der Waals surface area (Å²) in [5, 5.41) is 5.51. The van der Waals surface area contributed by atoms with Crippen LogP contribution in [0.5, 0.6) is 17.2 Å². The molecule has 0 atom stereocenters. The van der Waals surface area contributed by atoms with Crippen LogP contribution in [0, 0.1) is 0 Å². The number of hydrogen-bond acceptors (Lipinski definition) is 6. The van der Waals surface area contributed by atoms with Crippen molar-refractivity contribution in [2.45, 2.75) is 19.8 Å². The Bertz CT molecular complexity index is 813. The maximum atomic E-state index is 12.6. The molecule has 0 spiro atoms. The predicted octanol–water partition coefficient (Wildman–Crippen LogP) is 2.89. The molecular weight excluding hydrogens is 362 g/mol. The summed E-state index contributed by atoms with van der Waals surface area (Å²) in [6.45, 7) is 2.61. The Labute approximate surface area is 164 Å². The molecule has 2 N–H and O–H groups in total. The van der Waals surface area contributed by atoms with Gasteiger partial charge < -0.3 is 24.8 Å². The van der Waals surface area contributed by atoms with Crippen LogP contribution in [0.15, 0.2) is 30.3 Å². The maximum Gasteiger partial charge on any atom is 0.274 e. The van der Waals surface area contributed by atoms with Crippen LogP contribution in [0.3, 0.4) is 0 Å². The van der Waals surface area contributed by atoms with Crippen molar-refractivity contribution < 1.29 is 23.8 Å². The zero-order valence-electron chi connectivity index (χ0n) is 16.5. The van der Waals surface area contributed by atoms with Gasteiger partial charge in [-0.3, -0.25) is 9.59 Å². The number of nitrogens with zero attached hydrogens (tertiary/aromatic N) is 1. The van der Waals surface area contributed by atoms with Crippen molar-refractivity contribution in [3.8, 4) is 17.2 Å². The minimum Gasteiger partial charge on any atom is -0.493 e. The molecule has 0 radical (unpaired) electrons. The van der Waals surface area contributed by atoms with Crippen molar-refractivity contribution in [3.63, 3.8) is 0 Å². The quantitative estimate of drug-likeness (QED) is 0.642. The molecule has 0 aliphatic carbocycles.